The van der Waals surface area contributed by atoms with Crippen molar-refractivity contribution in [2.75, 3.05) is 13.2 Å². The van der Waals surface area contributed by atoms with Gasteiger partial charge in [0.05, 0.1) is 17.1 Å². The Balaban J connectivity index is 1.35. The summed E-state index contributed by atoms with van der Waals surface area (Å²) in [6.07, 6.45) is 5.37. The molecule has 1 amide bonds. The van der Waals surface area contributed by atoms with Crippen LogP contribution in [0.15, 0.2) is 72.8 Å². The molecule has 176 valence electrons. The van der Waals surface area contributed by atoms with Gasteiger partial charge in [-0.05, 0) is 67.5 Å². The van der Waals surface area contributed by atoms with E-state index in [1.807, 2.05) is 30.3 Å². The van der Waals surface area contributed by atoms with E-state index in [0.717, 1.165) is 37.0 Å². The predicted octanol–water partition coefficient (Wildman–Crippen LogP) is 5.17. The molecule has 34 heavy (non-hydrogen) atoms. The lowest BCUT2D eigenvalue weighted by atomic mass is 10.1. The molecule has 0 spiro atoms. The van der Waals surface area contributed by atoms with E-state index >= 15 is 0 Å². The fraction of sp³-hybridized carbons (Fsp3) is 0.259. The molecule has 1 N–H and O–H groups in total. The largest absolute Gasteiger partial charge is 0.494 e. The summed E-state index contributed by atoms with van der Waals surface area (Å²) in [6.45, 7) is 1.08. The third-order valence-electron chi connectivity index (χ3n) is 5.46. The number of carbonyl (C=O) groups is 2. The number of nitro benzene ring substituents is 1. The summed E-state index contributed by atoms with van der Waals surface area (Å²) < 4.78 is 5.82. The maximum Gasteiger partial charge on any atom is 0.279 e. The van der Waals surface area contributed by atoms with E-state index in [1.165, 1.54) is 23.8 Å². The minimum absolute atomic E-state index is 0.121. The van der Waals surface area contributed by atoms with Crippen LogP contribution in [0.2, 0.25) is 0 Å². The SMILES string of the molecule is O=Cc1cc(C(=O)NCCc2ccc(OCCCCCc3ccccc3)cc2)ccc1[N+](=O)[O-]. The number of aryl methyl sites for hydroxylation is 1. The summed E-state index contributed by atoms with van der Waals surface area (Å²) in [5.41, 5.74) is 2.19. The van der Waals surface area contributed by atoms with E-state index in [1.54, 1.807) is 0 Å². The summed E-state index contributed by atoms with van der Waals surface area (Å²) in [6, 6.07) is 22.0. The quantitative estimate of drug-likeness (QED) is 0.164. The van der Waals surface area contributed by atoms with Crippen LogP contribution in [0.5, 0.6) is 5.75 Å². The van der Waals surface area contributed by atoms with E-state index in [0.29, 0.717) is 25.9 Å². The van der Waals surface area contributed by atoms with Crippen molar-refractivity contribution >= 4 is 17.9 Å². The Bertz CT molecular complexity index is 1100. The third kappa shape index (κ3) is 7.55. The fourth-order valence-electron chi connectivity index (χ4n) is 3.57. The Morgan fingerprint density at radius 1 is 0.912 bits per heavy atom. The van der Waals surface area contributed by atoms with Gasteiger partial charge in [0.25, 0.3) is 11.6 Å². The van der Waals surface area contributed by atoms with Gasteiger partial charge in [0.1, 0.15) is 5.75 Å². The Kier molecular flexibility index (Phi) is 9.34. The molecule has 0 fully saturated rings. The smallest absolute Gasteiger partial charge is 0.279 e. The Morgan fingerprint density at radius 2 is 1.65 bits per heavy atom. The molecule has 0 radical (unpaired) electrons. The number of carbonyl (C=O) groups excluding carboxylic acids is 2. The normalized spacial score (nSPS) is 10.5. The minimum atomic E-state index is -0.648. The van der Waals surface area contributed by atoms with Crippen molar-refractivity contribution in [1.82, 2.24) is 5.32 Å². The van der Waals surface area contributed by atoms with Gasteiger partial charge in [0.2, 0.25) is 0 Å². The predicted molar refractivity (Wildman–Crippen MR) is 130 cm³/mol. The zero-order valence-electron chi connectivity index (χ0n) is 18.9. The first-order valence-electron chi connectivity index (χ1n) is 11.3. The molecule has 3 aromatic rings. The average Bonchev–Trinajstić information content (AvgIpc) is 2.87. The Labute approximate surface area is 198 Å². The van der Waals surface area contributed by atoms with Gasteiger partial charge in [0.15, 0.2) is 6.29 Å². The Morgan fingerprint density at radius 3 is 2.35 bits per heavy atom. The van der Waals surface area contributed by atoms with E-state index in [-0.39, 0.29) is 22.7 Å². The van der Waals surface area contributed by atoms with Crippen molar-refractivity contribution in [3.05, 3.63) is 105 Å². The Hall–Kier alpha value is -4.00. The van der Waals surface area contributed by atoms with Crippen LogP contribution in [0.4, 0.5) is 5.69 Å². The number of ether oxygens (including phenoxy) is 1. The molecule has 0 saturated heterocycles. The van der Waals surface area contributed by atoms with Crippen LogP contribution in [-0.2, 0) is 12.8 Å². The summed E-state index contributed by atoms with van der Waals surface area (Å²) in [4.78, 5) is 33.6. The van der Waals surface area contributed by atoms with Gasteiger partial charge in [-0.15, -0.1) is 0 Å². The molecule has 0 saturated carbocycles. The molecule has 3 rings (SSSR count). The molecule has 0 aliphatic heterocycles. The highest BCUT2D eigenvalue weighted by molar-refractivity contribution is 5.96. The van der Waals surface area contributed by atoms with Crippen LogP contribution in [0, 0.1) is 10.1 Å². The average molecular weight is 461 g/mol. The second kappa shape index (κ2) is 12.9. The fourth-order valence-corrected chi connectivity index (χ4v) is 3.57. The molecular formula is C27H28N2O5. The first kappa shape index (κ1) is 24.6. The van der Waals surface area contributed by atoms with Gasteiger partial charge in [-0.25, -0.2) is 0 Å². The van der Waals surface area contributed by atoms with Gasteiger partial charge in [-0.2, -0.15) is 0 Å². The molecule has 0 heterocycles. The number of nitrogens with one attached hydrogen (secondary N) is 1. The number of hydrogen-bond acceptors (Lipinski definition) is 5. The molecule has 0 bridgehead atoms. The number of nitro groups is 1. The molecule has 0 aliphatic carbocycles. The molecule has 0 unspecified atom stereocenters. The molecule has 7 heteroatoms. The second-order valence-electron chi connectivity index (χ2n) is 7.94. The maximum absolute atomic E-state index is 12.3. The number of nitrogens with zero attached hydrogens (tertiary/aromatic N) is 1. The molecule has 3 aromatic carbocycles. The van der Waals surface area contributed by atoms with Crippen LogP contribution in [0.25, 0.3) is 0 Å². The van der Waals surface area contributed by atoms with Crippen LogP contribution >= 0.6 is 0 Å². The van der Waals surface area contributed by atoms with E-state index in [2.05, 4.69) is 29.6 Å². The first-order valence-corrected chi connectivity index (χ1v) is 11.3. The number of unbranched alkanes of at least 4 members (excludes halogenated alkanes) is 2. The van der Waals surface area contributed by atoms with Crippen molar-refractivity contribution in [2.45, 2.75) is 32.1 Å². The second-order valence-corrected chi connectivity index (χ2v) is 7.94. The van der Waals surface area contributed by atoms with Gasteiger partial charge in [-0.3, -0.25) is 19.7 Å². The maximum atomic E-state index is 12.3. The summed E-state index contributed by atoms with van der Waals surface area (Å²) in [5.74, 6) is 0.438. The zero-order valence-corrected chi connectivity index (χ0v) is 18.9. The van der Waals surface area contributed by atoms with Gasteiger partial charge < -0.3 is 10.1 Å². The number of benzene rings is 3. The van der Waals surface area contributed by atoms with Crippen molar-refractivity contribution in [3.8, 4) is 5.75 Å². The lowest BCUT2D eigenvalue weighted by molar-refractivity contribution is -0.385. The number of rotatable bonds is 13. The van der Waals surface area contributed by atoms with E-state index in [4.69, 9.17) is 4.74 Å². The summed E-state index contributed by atoms with van der Waals surface area (Å²) >= 11 is 0. The molecule has 0 aromatic heterocycles. The molecule has 0 aliphatic rings. The monoisotopic (exact) mass is 460 g/mol. The third-order valence-corrected chi connectivity index (χ3v) is 5.46. The zero-order chi connectivity index (χ0) is 24.2. The van der Waals surface area contributed by atoms with Crippen LogP contribution < -0.4 is 10.1 Å². The highest BCUT2D eigenvalue weighted by atomic mass is 16.6. The van der Waals surface area contributed by atoms with E-state index < -0.39 is 4.92 Å². The highest BCUT2D eigenvalue weighted by Crippen LogP contribution is 2.18. The van der Waals surface area contributed by atoms with Gasteiger partial charge in [0, 0.05) is 18.2 Å². The van der Waals surface area contributed by atoms with Crippen molar-refractivity contribution < 1.29 is 19.2 Å². The summed E-state index contributed by atoms with van der Waals surface area (Å²) in [5, 5.41) is 13.7. The van der Waals surface area contributed by atoms with Crippen molar-refractivity contribution in [2.24, 2.45) is 0 Å². The van der Waals surface area contributed by atoms with Gasteiger partial charge in [-0.1, -0.05) is 42.5 Å². The van der Waals surface area contributed by atoms with Crippen LogP contribution in [0.1, 0.15) is 51.1 Å². The lowest BCUT2D eigenvalue weighted by Crippen LogP contribution is -2.25. The summed E-state index contributed by atoms with van der Waals surface area (Å²) in [7, 11) is 0. The highest BCUT2D eigenvalue weighted by Gasteiger charge is 2.16. The molecular weight excluding hydrogens is 432 g/mol. The topological polar surface area (TPSA) is 98.5 Å². The first-order chi connectivity index (χ1) is 16.6. The number of amides is 1. The van der Waals surface area contributed by atoms with Crippen LogP contribution in [-0.4, -0.2) is 30.3 Å². The molecule has 7 nitrogen and oxygen atoms in total. The van der Waals surface area contributed by atoms with Gasteiger partial charge >= 0.3 is 0 Å². The van der Waals surface area contributed by atoms with Crippen LogP contribution in [0.3, 0.4) is 0 Å². The molecule has 0 atom stereocenters. The number of aldehydes is 1. The van der Waals surface area contributed by atoms with Crippen molar-refractivity contribution in [1.29, 1.82) is 0 Å². The standard InChI is InChI=1S/C27H28N2O5/c30-20-24-19-23(12-15-26(24)29(32)33)27(31)28-17-16-22-10-13-25(14-11-22)34-18-6-2-5-9-21-7-3-1-4-8-21/h1,3-4,7-8,10-15,19-20H,2,5-6,9,16-18H2,(H,28,31). The van der Waals surface area contributed by atoms with E-state index in [9.17, 15) is 19.7 Å². The van der Waals surface area contributed by atoms with Crippen molar-refractivity contribution in [3.63, 3.8) is 0 Å². The lowest BCUT2D eigenvalue weighted by Gasteiger charge is -2.09. The number of hydrogen-bond donors (Lipinski definition) is 1. The minimum Gasteiger partial charge on any atom is -0.494 e.